The highest BCUT2D eigenvalue weighted by Crippen LogP contribution is 2.25. The van der Waals surface area contributed by atoms with Crippen molar-refractivity contribution < 1.29 is 14.1 Å². The Bertz CT molecular complexity index is 1020. The van der Waals surface area contributed by atoms with E-state index < -0.39 is 0 Å². The first-order valence-corrected chi connectivity index (χ1v) is 10.2. The fourth-order valence-corrected chi connectivity index (χ4v) is 3.61. The van der Waals surface area contributed by atoms with Crippen molar-refractivity contribution in [2.24, 2.45) is 0 Å². The van der Waals surface area contributed by atoms with Crippen LogP contribution in [-0.4, -0.2) is 59.2 Å². The second kappa shape index (κ2) is 9.38. The zero-order valence-electron chi connectivity index (χ0n) is 16.8. The molecule has 156 valence electrons. The number of aromatic nitrogens is 2. The maximum absolute atomic E-state index is 12.9. The normalized spacial score (nSPS) is 14.6. The van der Waals surface area contributed by atoms with Gasteiger partial charge in [0.25, 0.3) is 5.91 Å². The highest BCUT2D eigenvalue weighted by atomic mass is 35.5. The molecule has 0 spiro atoms. The Morgan fingerprint density at radius 3 is 2.77 bits per heavy atom. The summed E-state index contributed by atoms with van der Waals surface area (Å²) in [5.74, 6) is 0.658. The first kappa shape index (κ1) is 20.5. The van der Waals surface area contributed by atoms with Crippen molar-refractivity contribution >= 4 is 17.5 Å². The summed E-state index contributed by atoms with van der Waals surface area (Å²) in [6, 6.07) is 15.0. The number of hydrogen-bond donors (Lipinski definition) is 0. The van der Waals surface area contributed by atoms with E-state index in [1.807, 2.05) is 42.5 Å². The molecule has 0 aliphatic carbocycles. The summed E-state index contributed by atoms with van der Waals surface area (Å²) in [6.45, 7) is 4.33. The van der Waals surface area contributed by atoms with Gasteiger partial charge in [0.15, 0.2) is 0 Å². The van der Waals surface area contributed by atoms with Crippen LogP contribution in [0.1, 0.15) is 21.8 Å². The van der Waals surface area contributed by atoms with Gasteiger partial charge in [0.05, 0.1) is 24.8 Å². The first-order chi connectivity index (χ1) is 14.6. The van der Waals surface area contributed by atoms with Gasteiger partial charge in [0.1, 0.15) is 0 Å². The molecule has 0 unspecified atom stereocenters. The van der Waals surface area contributed by atoms with Crippen molar-refractivity contribution in [1.29, 1.82) is 0 Å². The summed E-state index contributed by atoms with van der Waals surface area (Å²) in [5, 5.41) is 4.53. The van der Waals surface area contributed by atoms with E-state index in [1.54, 1.807) is 18.0 Å². The smallest absolute Gasteiger partial charge is 0.254 e. The van der Waals surface area contributed by atoms with Crippen LogP contribution in [0.15, 0.2) is 53.1 Å². The minimum Gasteiger partial charge on any atom is -0.379 e. The van der Waals surface area contributed by atoms with Crippen LogP contribution in [0.25, 0.3) is 11.4 Å². The standard InChI is InChI=1S/C22H23ClN4O3/c1-26(15-20-24-21(25-30-20)18-7-2-3-8-19(18)23)22(28)17-6-4-5-16(13-17)14-27-9-11-29-12-10-27/h2-8,13H,9-12,14-15H2,1H3. The molecule has 1 fully saturated rings. The van der Waals surface area contributed by atoms with E-state index >= 15 is 0 Å². The van der Waals surface area contributed by atoms with Crippen molar-refractivity contribution in [3.05, 3.63) is 70.6 Å². The lowest BCUT2D eigenvalue weighted by atomic mass is 10.1. The lowest BCUT2D eigenvalue weighted by Gasteiger charge is -2.26. The van der Waals surface area contributed by atoms with E-state index in [0.717, 1.165) is 38.4 Å². The van der Waals surface area contributed by atoms with Gasteiger partial charge in [0.2, 0.25) is 11.7 Å². The van der Waals surface area contributed by atoms with Gasteiger partial charge < -0.3 is 14.2 Å². The number of carbonyl (C=O) groups is 1. The monoisotopic (exact) mass is 426 g/mol. The molecule has 1 saturated heterocycles. The number of morpholine rings is 1. The summed E-state index contributed by atoms with van der Waals surface area (Å²) in [7, 11) is 1.72. The fraction of sp³-hybridized carbons (Fsp3) is 0.318. The molecule has 1 aliphatic rings. The van der Waals surface area contributed by atoms with Gasteiger partial charge in [-0.05, 0) is 29.8 Å². The Hall–Kier alpha value is -2.74. The van der Waals surface area contributed by atoms with E-state index in [-0.39, 0.29) is 12.5 Å². The van der Waals surface area contributed by atoms with Crippen molar-refractivity contribution in [3.8, 4) is 11.4 Å². The van der Waals surface area contributed by atoms with Gasteiger partial charge in [-0.3, -0.25) is 9.69 Å². The Morgan fingerprint density at radius 1 is 1.17 bits per heavy atom. The highest BCUT2D eigenvalue weighted by molar-refractivity contribution is 6.33. The SMILES string of the molecule is CN(Cc1nc(-c2ccccc2Cl)no1)C(=O)c1cccc(CN2CCOCC2)c1. The molecule has 0 radical (unpaired) electrons. The Morgan fingerprint density at radius 2 is 1.97 bits per heavy atom. The van der Waals surface area contributed by atoms with Crippen LogP contribution >= 0.6 is 11.6 Å². The lowest BCUT2D eigenvalue weighted by Crippen LogP contribution is -2.35. The number of carbonyl (C=O) groups excluding carboxylic acids is 1. The van der Waals surface area contributed by atoms with E-state index in [0.29, 0.717) is 27.9 Å². The number of benzene rings is 2. The topological polar surface area (TPSA) is 71.7 Å². The molecule has 3 aromatic rings. The van der Waals surface area contributed by atoms with Gasteiger partial charge in [-0.2, -0.15) is 4.98 Å². The van der Waals surface area contributed by atoms with Crippen LogP contribution in [0, 0.1) is 0 Å². The van der Waals surface area contributed by atoms with Crippen molar-refractivity contribution in [1.82, 2.24) is 19.9 Å². The average Bonchev–Trinajstić information content (AvgIpc) is 3.22. The van der Waals surface area contributed by atoms with Crippen LogP contribution in [0.2, 0.25) is 5.02 Å². The zero-order chi connectivity index (χ0) is 20.9. The summed E-state index contributed by atoms with van der Waals surface area (Å²) in [5.41, 5.74) is 2.43. The number of amides is 1. The predicted molar refractivity (Wildman–Crippen MR) is 113 cm³/mol. The average molecular weight is 427 g/mol. The molecule has 0 saturated carbocycles. The molecule has 30 heavy (non-hydrogen) atoms. The van der Waals surface area contributed by atoms with Gasteiger partial charge in [-0.25, -0.2) is 0 Å². The Labute approximate surface area is 180 Å². The van der Waals surface area contributed by atoms with Gasteiger partial charge in [-0.1, -0.05) is 41.0 Å². The summed E-state index contributed by atoms with van der Waals surface area (Å²) in [6.07, 6.45) is 0. The summed E-state index contributed by atoms with van der Waals surface area (Å²) in [4.78, 5) is 21.2. The van der Waals surface area contributed by atoms with Gasteiger partial charge >= 0.3 is 0 Å². The molecule has 0 bridgehead atoms. The molecule has 7 nitrogen and oxygen atoms in total. The molecule has 8 heteroatoms. The van der Waals surface area contributed by atoms with E-state index in [1.165, 1.54) is 0 Å². The van der Waals surface area contributed by atoms with Gasteiger partial charge in [0, 0.05) is 37.8 Å². The van der Waals surface area contributed by atoms with Crippen LogP contribution in [-0.2, 0) is 17.8 Å². The largest absolute Gasteiger partial charge is 0.379 e. The third-order valence-electron chi connectivity index (χ3n) is 4.99. The van der Waals surface area contributed by atoms with Crippen LogP contribution < -0.4 is 0 Å². The van der Waals surface area contributed by atoms with Crippen LogP contribution in [0.5, 0.6) is 0 Å². The van der Waals surface area contributed by atoms with E-state index in [4.69, 9.17) is 20.9 Å². The van der Waals surface area contributed by atoms with Crippen molar-refractivity contribution in [2.75, 3.05) is 33.4 Å². The number of halogens is 1. The number of rotatable bonds is 6. The Balaban J connectivity index is 1.41. The molecule has 1 aliphatic heterocycles. The molecule has 0 atom stereocenters. The third-order valence-corrected chi connectivity index (χ3v) is 5.32. The second-order valence-electron chi connectivity index (χ2n) is 7.24. The van der Waals surface area contributed by atoms with Crippen LogP contribution in [0.3, 0.4) is 0 Å². The molecule has 2 heterocycles. The molecule has 2 aromatic carbocycles. The molecule has 4 rings (SSSR count). The van der Waals surface area contributed by atoms with Crippen LogP contribution in [0.4, 0.5) is 0 Å². The summed E-state index contributed by atoms with van der Waals surface area (Å²) >= 11 is 6.19. The molecule has 0 N–H and O–H groups in total. The highest BCUT2D eigenvalue weighted by Gasteiger charge is 2.18. The zero-order valence-corrected chi connectivity index (χ0v) is 17.5. The van der Waals surface area contributed by atoms with E-state index in [2.05, 4.69) is 15.0 Å². The van der Waals surface area contributed by atoms with Crippen molar-refractivity contribution in [2.45, 2.75) is 13.1 Å². The van der Waals surface area contributed by atoms with E-state index in [9.17, 15) is 4.79 Å². The summed E-state index contributed by atoms with van der Waals surface area (Å²) < 4.78 is 10.7. The molecular weight excluding hydrogens is 404 g/mol. The minimum absolute atomic E-state index is 0.101. The fourth-order valence-electron chi connectivity index (χ4n) is 3.39. The molecule has 1 aromatic heterocycles. The lowest BCUT2D eigenvalue weighted by molar-refractivity contribution is 0.0341. The molecule has 1 amide bonds. The Kier molecular flexibility index (Phi) is 6.42. The first-order valence-electron chi connectivity index (χ1n) is 9.82. The maximum Gasteiger partial charge on any atom is 0.254 e. The van der Waals surface area contributed by atoms with Gasteiger partial charge in [-0.15, -0.1) is 0 Å². The molecular formula is C22H23ClN4O3. The maximum atomic E-state index is 12.9. The quantitative estimate of drug-likeness (QED) is 0.600. The number of nitrogens with zero attached hydrogens (tertiary/aromatic N) is 4. The minimum atomic E-state index is -0.101. The number of ether oxygens (including phenoxy) is 1. The number of hydrogen-bond acceptors (Lipinski definition) is 6. The third kappa shape index (κ3) is 4.87. The predicted octanol–water partition coefficient (Wildman–Crippen LogP) is 3.49. The second-order valence-corrected chi connectivity index (χ2v) is 7.65. The van der Waals surface area contributed by atoms with Crippen molar-refractivity contribution in [3.63, 3.8) is 0 Å².